The van der Waals surface area contributed by atoms with Crippen LogP contribution in [0.2, 0.25) is 10.0 Å². The van der Waals surface area contributed by atoms with Gasteiger partial charge < -0.3 is 5.32 Å². The molecule has 0 radical (unpaired) electrons. The van der Waals surface area contributed by atoms with Gasteiger partial charge in [-0.15, -0.1) is 0 Å². The molecule has 0 aliphatic rings. The van der Waals surface area contributed by atoms with Crippen LogP contribution in [0.25, 0.3) is 0 Å². The van der Waals surface area contributed by atoms with Crippen molar-refractivity contribution < 1.29 is 0 Å². The Morgan fingerprint density at radius 2 is 1.68 bits per heavy atom. The Morgan fingerprint density at radius 3 is 2.26 bits per heavy atom. The molecule has 0 spiro atoms. The zero-order valence-corrected chi connectivity index (χ0v) is 14.7. The Morgan fingerprint density at radius 1 is 1.00 bits per heavy atom. The topological polar surface area (TPSA) is 12.0 Å². The summed E-state index contributed by atoms with van der Waals surface area (Å²) in [6.45, 7) is 0. The Kier molecular flexibility index (Phi) is 5.32. The van der Waals surface area contributed by atoms with Crippen LogP contribution in [0.3, 0.4) is 0 Å². The minimum absolute atomic E-state index is 0.00671. The molecule has 100 valence electrons. The maximum Gasteiger partial charge on any atom is 0.0600 e. The van der Waals surface area contributed by atoms with Crippen molar-refractivity contribution in [2.45, 2.75) is 6.04 Å². The Balaban J connectivity index is 2.50. The molecule has 0 aliphatic heterocycles. The first kappa shape index (κ1) is 15.3. The van der Waals surface area contributed by atoms with Gasteiger partial charge in [0.05, 0.1) is 6.04 Å². The van der Waals surface area contributed by atoms with E-state index in [4.69, 9.17) is 23.2 Å². The molecule has 1 atom stereocenters. The van der Waals surface area contributed by atoms with Gasteiger partial charge in [0, 0.05) is 19.0 Å². The van der Waals surface area contributed by atoms with E-state index in [1.165, 1.54) is 0 Å². The monoisotopic (exact) mass is 421 g/mol. The molecule has 0 saturated heterocycles. The number of hydrogen-bond donors (Lipinski definition) is 1. The summed E-state index contributed by atoms with van der Waals surface area (Å²) in [6, 6.07) is 11.6. The van der Waals surface area contributed by atoms with Gasteiger partial charge in [-0.05, 0) is 42.4 Å². The number of benzene rings is 2. The van der Waals surface area contributed by atoms with E-state index >= 15 is 0 Å². The molecule has 0 bridgehead atoms. The normalized spacial score (nSPS) is 12.5. The maximum atomic E-state index is 6.29. The van der Waals surface area contributed by atoms with Crippen molar-refractivity contribution in [1.29, 1.82) is 0 Å². The molecule has 1 nitrogen and oxygen atoms in total. The van der Waals surface area contributed by atoms with E-state index in [1.54, 1.807) is 6.07 Å². The molecule has 19 heavy (non-hydrogen) atoms. The van der Waals surface area contributed by atoms with Crippen LogP contribution < -0.4 is 5.32 Å². The second-order valence-electron chi connectivity index (χ2n) is 4.05. The average Bonchev–Trinajstić information content (AvgIpc) is 2.34. The number of rotatable bonds is 3. The highest BCUT2D eigenvalue weighted by molar-refractivity contribution is 9.11. The van der Waals surface area contributed by atoms with E-state index in [9.17, 15) is 0 Å². The van der Waals surface area contributed by atoms with Gasteiger partial charge in [-0.25, -0.2) is 0 Å². The highest BCUT2D eigenvalue weighted by Gasteiger charge is 2.17. The van der Waals surface area contributed by atoms with Gasteiger partial charge in [0.2, 0.25) is 0 Å². The summed E-state index contributed by atoms with van der Waals surface area (Å²) in [5.41, 5.74) is 2.12. The molecular weight excluding hydrogens is 413 g/mol. The third-order valence-corrected chi connectivity index (χ3v) is 4.58. The van der Waals surface area contributed by atoms with E-state index in [0.717, 1.165) is 20.1 Å². The second-order valence-corrected chi connectivity index (χ2v) is 6.67. The molecular formula is C14H11Br2Cl2N. The molecule has 5 heteroatoms. The van der Waals surface area contributed by atoms with Crippen LogP contribution in [0.15, 0.2) is 45.3 Å². The van der Waals surface area contributed by atoms with Crippen molar-refractivity contribution in [2.75, 3.05) is 7.05 Å². The molecule has 2 aromatic rings. The van der Waals surface area contributed by atoms with Crippen LogP contribution >= 0.6 is 55.1 Å². The molecule has 0 aliphatic carbocycles. The molecule has 0 fully saturated rings. The summed E-state index contributed by atoms with van der Waals surface area (Å²) in [5.74, 6) is 0. The van der Waals surface area contributed by atoms with Gasteiger partial charge in [0.1, 0.15) is 0 Å². The molecule has 0 heterocycles. The largest absolute Gasteiger partial charge is 0.309 e. The Hall–Kier alpha value is -0.0600. The van der Waals surface area contributed by atoms with Gasteiger partial charge in [-0.3, -0.25) is 0 Å². The van der Waals surface area contributed by atoms with Gasteiger partial charge in [-0.2, -0.15) is 0 Å². The highest BCUT2D eigenvalue weighted by atomic mass is 79.9. The van der Waals surface area contributed by atoms with Crippen molar-refractivity contribution in [1.82, 2.24) is 5.32 Å². The summed E-state index contributed by atoms with van der Waals surface area (Å²) < 4.78 is 2.05. The minimum atomic E-state index is 0.00671. The number of halogens is 4. The van der Waals surface area contributed by atoms with Crippen LogP contribution in [0.1, 0.15) is 17.2 Å². The summed E-state index contributed by atoms with van der Waals surface area (Å²) in [4.78, 5) is 0. The molecule has 2 aromatic carbocycles. The SMILES string of the molecule is CNC(c1ccc(Cl)cc1Cl)c1ccc(Br)cc1Br. The lowest BCUT2D eigenvalue weighted by molar-refractivity contribution is 0.689. The van der Waals surface area contributed by atoms with Crippen LogP contribution in [0, 0.1) is 0 Å². The number of nitrogens with one attached hydrogen (secondary N) is 1. The fourth-order valence-electron chi connectivity index (χ4n) is 1.95. The lowest BCUT2D eigenvalue weighted by Gasteiger charge is -2.20. The van der Waals surface area contributed by atoms with Crippen molar-refractivity contribution in [3.8, 4) is 0 Å². The third kappa shape index (κ3) is 3.53. The lowest BCUT2D eigenvalue weighted by Crippen LogP contribution is -2.18. The molecule has 2 rings (SSSR count). The van der Waals surface area contributed by atoms with E-state index in [0.29, 0.717) is 10.0 Å². The van der Waals surface area contributed by atoms with Crippen LogP contribution in [-0.2, 0) is 0 Å². The summed E-state index contributed by atoms with van der Waals surface area (Å²) in [7, 11) is 1.91. The zero-order chi connectivity index (χ0) is 14.0. The van der Waals surface area contributed by atoms with E-state index in [-0.39, 0.29) is 6.04 Å². The highest BCUT2D eigenvalue weighted by Crippen LogP contribution is 2.34. The van der Waals surface area contributed by atoms with Crippen molar-refractivity contribution in [3.63, 3.8) is 0 Å². The Bertz CT molecular complexity index is 550. The third-order valence-electron chi connectivity index (χ3n) is 2.84. The summed E-state index contributed by atoms with van der Waals surface area (Å²) >= 11 is 19.3. The van der Waals surface area contributed by atoms with E-state index < -0.39 is 0 Å². The standard InChI is InChI=1S/C14H11Br2Cl2N/c1-19-14(10-4-2-8(15)6-12(10)16)11-5-3-9(17)7-13(11)18/h2-7,14,19H,1H3. The minimum Gasteiger partial charge on any atom is -0.309 e. The second kappa shape index (κ2) is 6.59. The van der Waals surface area contributed by atoms with Crippen molar-refractivity contribution in [3.05, 3.63) is 66.5 Å². The summed E-state index contributed by atoms with van der Waals surface area (Å²) in [6.07, 6.45) is 0. The number of hydrogen-bond acceptors (Lipinski definition) is 1. The molecule has 1 unspecified atom stereocenters. The van der Waals surface area contributed by atoms with Crippen LogP contribution in [0.4, 0.5) is 0 Å². The van der Waals surface area contributed by atoms with Gasteiger partial charge >= 0.3 is 0 Å². The predicted molar refractivity (Wildman–Crippen MR) is 89.2 cm³/mol. The van der Waals surface area contributed by atoms with Gasteiger partial charge in [-0.1, -0.05) is 67.2 Å². The molecule has 1 N–H and O–H groups in total. The van der Waals surface area contributed by atoms with Crippen molar-refractivity contribution in [2.24, 2.45) is 0 Å². The fraction of sp³-hybridized carbons (Fsp3) is 0.143. The smallest absolute Gasteiger partial charge is 0.0600 e. The quantitative estimate of drug-likeness (QED) is 0.655. The van der Waals surface area contributed by atoms with E-state index in [1.807, 2.05) is 31.3 Å². The average molecular weight is 424 g/mol. The maximum absolute atomic E-state index is 6.29. The first-order valence-electron chi connectivity index (χ1n) is 5.60. The lowest BCUT2D eigenvalue weighted by atomic mass is 9.99. The van der Waals surface area contributed by atoms with Crippen molar-refractivity contribution >= 4 is 55.1 Å². The van der Waals surface area contributed by atoms with E-state index in [2.05, 4.69) is 43.2 Å². The van der Waals surface area contributed by atoms with Gasteiger partial charge in [0.25, 0.3) is 0 Å². The fourth-order valence-corrected chi connectivity index (χ4v) is 3.74. The molecule has 0 saturated carbocycles. The first-order chi connectivity index (χ1) is 9.02. The summed E-state index contributed by atoms with van der Waals surface area (Å²) in [5, 5.41) is 4.57. The van der Waals surface area contributed by atoms with Gasteiger partial charge in [0.15, 0.2) is 0 Å². The zero-order valence-electron chi connectivity index (χ0n) is 10.1. The van der Waals surface area contributed by atoms with Crippen LogP contribution in [-0.4, -0.2) is 7.05 Å². The predicted octanol–water partition coefficient (Wildman–Crippen LogP) is 5.83. The van der Waals surface area contributed by atoms with Crippen LogP contribution in [0.5, 0.6) is 0 Å². The molecule has 0 aromatic heterocycles. The molecule has 0 amide bonds. The first-order valence-corrected chi connectivity index (χ1v) is 7.94. The Labute approximate surface area is 139 Å².